The van der Waals surface area contributed by atoms with Crippen molar-refractivity contribution in [3.05, 3.63) is 27.6 Å². The van der Waals surface area contributed by atoms with Crippen molar-refractivity contribution in [1.82, 2.24) is 15.3 Å². The van der Waals surface area contributed by atoms with Gasteiger partial charge in [-0.3, -0.25) is 4.79 Å². The van der Waals surface area contributed by atoms with E-state index in [9.17, 15) is 4.79 Å². The minimum atomic E-state index is 0.185. The SMILES string of the molecule is O=C(CC1CC1)NCCc1c[nH]c2ccc(I)nc12. The molecule has 0 bridgehead atoms. The van der Waals surface area contributed by atoms with E-state index in [0.717, 1.165) is 21.2 Å². The molecule has 1 amide bonds. The third-order valence-electron chi connectivity index (χ3n) is 3.45. The van der Waals surface area contributed by atoms with Crippen LogP contribution in [0.1, 0.15) is 24.8 Å². The lowest BCUT2D eigenvalue weighted by atomic mass is 10.2. The first-order chi connectivity index (χ1) is 9.22. The lowest BCUT2D eigenvalue weighted by Gasteiger charge is -2.03. The molecule has 2 aromatic rings. The van der Waals surface area contributed by atoms with Crippen LogP contribution in [0.5, 0.6) is 0 Å². The highest BCUT2D eigenvalue weighted by Crippen LogP contribution is 2.32. The summed E-state index contributed by atoms with van der Waals surface area (Å²) in [6.45, 7) is 0.686. The summed E-state index contributed by atoms with van der Waals surface area (Å²) in [4.78, 5) is 19.4. The van der Waals surface area contributed by atoms with Gasteiger partial charge in [-0.25, -0.2) is 4.98 Å². The number of hydrogen-bond donors (Lipinski definition) is 2. The summed E-state index contributed by atoms with van der Waals surface area (Å²) in [7, 11) is 0. The van der Waals surface area contributed by atoms with Crippen LogP contribution in [0.3, 0.4) is 0 Å². The number of amides is 1. The molecule has 0 spiro atoms. The molecule has 1 aliphatic carbocycles. The lowest BCUT2D eigenvalue weighted by Crippen LogP contribution is -2.25. The highest BCUT2D eigenvalue weighted by Gasteiger charge is 2.23. The van der Waals surface area contributed by atoms with Crippen LogP contribution in [0, 0.1) is 9.62 Å². The molecule has 2 heterocycles. The molecule has 5 heteroatoms. The van der Waals surface area contributed by atoms with Crippen molar-refractivity contribution in [2.75, 3.05) is 6.54 Å². The van der Waals surface area contributed by atoms with E-state index in [4.69, 9.17) is 0 Å². The van der Waals surface area contributed by atoms with Gasteiger partial charge in [0.2, 0.25) is 5.91 Å². The number of pyridine rings is 1. The molecule has 1 aliphatic rings. The van der Waals surface area contributed by atoms with E-state index in [0.29, 0.717) is 18.9 Å². The van der Waals surface area contributed by atoms with Gasteiger partial charge in [0, 0.05) is 19.2 Å². The molecule has 0 saturated heterocycles. The summed E-state index contributed by atoms with van der Waals surface area (Å²) in [5.74, 6) is 0.834. The van der Waals surface area contributed by atoms with Crippen LogP contribution in [-0.2, 0) is 11.2 Å². The smallest absolute Gasteiger partial charge is 0.220 e. The van der Waals surface area contributed by atoms with Crippen LogP contribution in [0.25, 0.3) is 11.0 Å². The van der Waals surface area contributed by atoms with E-state index >= 15 is 0 Å². The fourth-order valence-corrected chi connectivity index (χ4v) is 2.63. The zero-order valence-corrected chi connectivity index (χ0v) is 12.7. The van der Waals surface area contributed by atoms with E-state index in [-0.39, 0.29) is 5.91 Å². The number of carbonyl (C=O) groups is 1. The zero-order chi connectivity index (χ0) is 13.2. The van der Waals surface area contributed by atoms with Crippen molar-refractivity contribution in [1.29, 1.82) is 0 Å². The Morgan fingerprint density at radius 3 is 3.11 bits per heavy atom. The van der Waals surface area contributed by atoms with Gasteiger partial charge in [-0.15, -0.1) is 0 Å². The zero-order valence-electron chi connectivity index (χ0n) is 10.6. The summed E-state index contributed by atoms with van der Waals surface area (Å²) in [5.41, 5.74) is 3.24. The van der Waals surface area contributed by atoms with Gasteiger partial charge in [0.25, 0.3) is 0 Å². The molecular weight excluding hydrogens is 353 g/mol. The fourth-order valence-electron chi connectivity index (χ4n) is 2.21. The number of H-pyrrole nitrogens is 1. The molecule has 3 rings (SSSR count). The number of aromatic amines is 1. The third kappa shape index (κ3) is 3.26. The van der Waals surface area contributed by atoms with Crippen molar-refractivity contribution in [2.24, 2.45) is 5.92 Å². The average molecular weight is 369 g/mol. The number of nitrogens with one attached hydrogen (secondary N) is 2. The number of aromatic nitrogens is 2. The molecule has 0 atom stereocenters. The predicted molar refractivity (Wildman–Crippen MR) is 82.9 cm³/mol. The first-order valence-corrected chi connectivity index (χ1v) is 7.69. The van der Waals surface area contributed by atoms with Crippen molar-refractivity contribution in [2.45, 2.75) is 25.7 Å². The Bertz CT molecular complexity index is 604. The molecule has 100 valence electrons. The Labute approximate surface area is 125 Å². The molecule has 1 saturated carbocycles. The first-order valence-electron chi connectivity index (χ1n) is 6.61. The maximum atomic E-state index is 11.6. The normalized spacial score (nSPS) is 14.8. The van der Waals surface area contributed by atoms with Crippen molar-refractivity contribution in [3.8, 4) is 0 Å². The van der Waals surface area contributed by atoms with Crippen LogP contribution < -0.4 is 5.32 Å². The predicted octanol–water partition coefficient (Wildman–Crippen LogP) is 2.63. The Balaban J connectivity index is 1.58. The van der Waals surface area contributed by atoms with Crippen LogP contribution in [-0.4, -0.2) is 22.4 Å². The first kappa shape index (κ1) is 12.9. The van der Waals surface area contributed by atoms with E-state index in [1.54, 1.807) is 0 Å². The van der Waals surface area contributed by atoms with Gasteiger partial charge >= 0.3 is 0 Å². The summed E-state index contributed by atoms with van der Waals surface area (Å²) < 4.78 is 0.990. The molecular formula is C14H16IN3O. The van der Waals surface area contributed by atoms with E-state index < -0.39 is 0 Å². The van der Waals surface area contributed by atoms with Crippen LogP contribution in [0.15, 0.2) is 18.3 Å². The fraction of sp³-hybridized carbons (Fsp3) is 0.429. The number of hydrogen-bond acceptors (Lipinski definition) is 2. The van der Waals surface area contributed by atoms with Crippen LogP contribution in [0.4, 0.5) is 0 Å². The topological polar surface area (TPSA) is 57.8 Å². The maximum absolute atomic E-state index is 11.6. The van der Waals surface area contributed by atoms with Gasteiger partial charge < -0.3 is 10.3 Å². The summed E-state index contributed by atoms with van der Waals surface area (Å²) in [6, 6.07) is 4.03. The minimum Gasteiger partial charge on any atom is -0.360 e. The average Bonchev–Trinajstić information content (AvgIpc) is 3.10. The third-order valence-corrected chi connectivity index (χ3v) is 4.06. The van der Waals surface area contributed by atoms with Crippen molar-refractivity contribution in [3.63, 3.8) is 0 Å². The Morgan fingerprint density at radius 2 is 2.32 bits per heavy atom. The summed E-state index contributed by atoms with van der Waals surface area (Å²) in [6.07, 6.45) is 5.95. The van der Waals surface area contributed by atoms with Gasteiger partial charge in [-0.1, -0.05) is 0 Å². The highest BCUT2D eigenvalue weighted by atomic mass is 127. The summed E-state index contributed by atoms with van der Waals surface area (Å²) in [5, 5.41) is 2.99. The number of carbonyl (C=O) groups excluding carboxylic acids is 1. The maximum Gasteiger partial charge on any atom is 0.220 e. The second kappa shape index (κ2) is 5.48. The molecule has 19 heavy (non-hydrogen) atoms. The monoisotopic (exact) mass is 369 g/mol. The Hall–Kier alpha value is -1.11. The second-order valence-electron chi connectivity index (χ2n) is 5.09. The van der Waals surface area contributed by atoms with Gasteiger partial charge in [-0.2, -0.15) is 0 Å². The van der Waals surface area contributed by atoms with E-state index in [1.807, 2.05) is 18.3 Å². The van der Waals surface area contributed by atoms with Crippen LogP contribution in [0.2, 0.25) is 0 Å². The van der Waals surface area contributed by atoms with Crippen LogP contribution >= 0.6 is 22.6 Å². The molecule has 0 aromatic carbocycles. The minimum absolute atomic E-state index is 0.185. The van der Waals surface area contributed by atoms with E-state index in [1.165, 1.54) is 18.4 Å². The highest BCUT2D eigenvalue weighted by molar-refractivity contribution is 14.1. The molecule has 0 aliphatic heterocycles. The Kier molecular flexibility index (Phi) is 3.72. The summed E-state index contributed by atoms with van der Waals surface area (Å²) >= 11 is 2.22. The van der Waals surface area contributed by atoms with Gasteiger partial charge in [0.1, 0.15) is 3.70 Å². The second-order valence-corrected chi connectivity index (χ2v) is 6.20. The van der Waals surface area contributed by atoms with Crippen molar-refractivity contribution < 1.29 is 4.79 Å². The van der Waals surface area contributed by atoms with Crippen molar-refractivity contribution >= 4 is 39.5 Å². The number of halogens is 1. The van der Waals surface area contributed by atoms with E-state index in [2.05, 4.69) is 37.9 Å². The number of fused-ring (bicyclic) bond motifs is 1. The number of rotatable bonds is 5. The molecule has 2 aromatic heterocycles. The molecule has 0 unspecified atom stereocenters. The largest absolute Gasteiger partial charge is 0.360 e. The molecule has 4 nitrogen and oxygen atoms in total. The molecule has 0 radical (unpaired) electrons. The van der Waals surface area contributed by atoms with Gasteiger partial charge in [0.15, 0.2) is 0 Å². The quantitative estimate of drug-likeness (QED) is 0.629. The Morgan fingerprint density at radius 1 is 1.47 bits per heavy atom. The standard InChI is InChI=1S/C14H16IN3O/c15-12-4-3-11-14(18-12)10(8-17-11)5-6-16-13(19)7-9-1-2-9/h3-4,8-9,17H,1-2,5-7H2,(H,16,19). The van der Waals surface area contributed by atoms with Gasteiger partial charge in [0.05, 0.1) is 11.0 Å². The molecule has 2 N–H and O–H groups in total. The van der Waals surface area contributed by atoms with Gasteiger partial charge in [-0.05, 0) is 65.5 Å². The number of nitrogens with zero attached hydrogens (tertiary/aromatic N) is 1. The lowest BCUT2D eigenvalue weighted by molar-refractivity contribution is -0.121. The molecule has 1 fully saturated rings.